The number of sulfonamides is 1. The number of phenolic OH excluding ortho intramolecular Hbond substituents is 1. The summed E-state index contributed by atoms with van der Waals surface area (Å²) in [6, 6.07) is 10.2. The molecule has 0 aromatic heterocycles. The van der Waals surface area contributed by atoms with Crippen molar-refractivity contribution in [2.75, 3.05) is 7.11 Å². The average Bonchev–Trinajstić information content (AvgIpc) is 2.50. The minimum absolute atomic E-state index is 0.0424. The summed E-state index contributed by atoms with van der Waals surface area (Å²) in [6.45, 7) is 0. The Morgan fingerprint density at radius 2 is 1.91 bits per heavy atom. The number of benzene rings is 2. The van der Waals surface area contributed by atoms with Gasteiger partial charge in [0.25, 0.3) is 10.0 Å². The molecule has 0 unspecified atom stereocenters. The van der Waals surface area contributed by atoms with Gasteiger partial charge in [-0.25, -0.2) is 4.83 Å². The Morgan fingerprint density at radius 3 is 2.55 bits per heavy atom. The molecular formula is C14H13ClN2O4S. The third-order valence-electron chi connectivity index (χ3n) is 2.74. The monoisotopic (exact) mass is 340 g/mol. The highest BCUT2D eigenvalue weighted by molar-refractivity contribution is 7.89. The van der Waals surface area contributed by atoms with Crippen LogP contribution in [0.5, 0.6) is 11.5 Å². The van der Waals surface area contributed by atoms with Crippen LogP contribution < -0.4 is 9.57 Å². The van der Waals surface area contributed by atoms with E-state index < -0.39 is 10.0 Å². The predicted molar refractivity (Wildman–Crippen MR) is 84.0 cm³/mol. The molecule has 2 N–H and O–H groups in total. The first-order chi connectivity index (χ1) is 10.4. The van der Waals surface area contributed by atoms with Crippen LogP contribution in [0.2, 0.25) is 5.02 Å². The summed E-state index contributed by atoms with van der Waals surface area (Å²) in [6.07, 6.45) is 1.17. The van der Waals surface area contributed by atoms with Crippen LogP contribution in [0.4, 0.5) is 0 Å². The smallest absolute Gasteiger partial charge is 0.276 e. The lowest BCUT2D eigenvalue weighted by molar-refractivity contribution is 0.414. The highest BCUT2D eigenvalue weighted by Gasteiger charge is 2.12. The van der Waals surface area contributed by atoms with E-state index in [1.165, 1.54) is 55.8 Å². The molecule has 0 radical (unpaired) electrons. The number of halogens is 1. The number of nitrogens with one attached hydrogen (secondary N) is 1. The molecular weight excluding hydrogens is 328 g/mol. The summed E-state index contributed by atoms with van der Waals surface area (Å²) in [7, 11) is -2.31. The van der Waals surface area contributed by atoms with E-state index in [0.29, 0.717) is 16.3 Å². The third kappa shape index (κ3) is 3.90. The number of hydrogen-bond acceptors (Lipinski definition) is 5. The third-order valence-corrected chi connectivity index (χ3v) is 4.21. The van der Waals surface area contributed by atoms with Gasteiger partial charge in [0.05, 0.1) is 18.2 Å². The standard InChI is InChI=1S/C14H13ClN2O4S/c1-21-12-3-5-13(6-4-12)22(19,20)17-16-9-10-8-11(15)2-7-14(10)18/h2-9,17-18H,1H3/b16-9-. The van der Waals surface area contributed by atoms with E-state index in [1.807, 2.05) is 0 Å². The van der Waals surface area contributed by atoms with Crippen molar-refractivity contribution in [1.29, 1.82) is 0 Å². The van der Waals surface area contributed by atoms with E-state index in [0.717, 1.165) is 0 Å². The van der Waals surface area contributed by atoms with Gasteiger partial charge >= 0.3 is 0 Å². The molecule has 0 fully saturated rings. The summed E-state index contributed by atoms with van der Waals surface area (Å²) < 4.78 is 29.0. The number of hydrazone groups is 1. The van der Waals surface area contributed by atoms with Crippen molar-refractivity contribution in [3.8, 4) is 11.5 Å². The van der Waals surface area contributed by atoms with Gasteiger partial charge in [0.2, 0.25) is 0 Å². The summed E-state index contributed by atoms with van der Waals surface area (Å²) in [5, 5.41) is 13.6. The molecule has 0 spiro atoms. The maximum Gasteiger partial charge on any atom is 0.276 e. The highest BCUT2D eigenvalue weighted by Crippen LogP contribution is 2.19. The number of methoxy groups -OCH3 is 1. The predicted octanol–water partition coefficient (Wildman–Crippen LogP) is 2.37. The van der Waals surface area contributed by atoms with Crippen LogP contribution in [0.15, 0.2) is 52.5 Å². The maximum atomic E-state index is 12.0. The van der Waals surface area contributed by atoms with E-state index in [-0.39, 0.29) is 10.6 Å². The zero-order chi connectivity index (χ0) is 16.2. The van der Waals surface area contributed by atoms with Crippen molar-refractivity contribution in [1.82, 2.24) is 4.83 Å². The zero-order valence-electron chi connectivity index (χ0n) is 11.5. The number of phenols is 1. The molecule has 0 heterocycles. The molecule has 2 aromatic carbocycles. The molecule has 0 aliphatic rings. The maximum absolute atomic E-state index is 12.0. The summed E-state index contributed by atoms with van der Waals surface area (Å²) in [4.78, 5) is 2.10. The Labute approximate surface area is 133 Å². The average molecular weight is 341 g/mol. The van der Waals surface area contributed by atoms with Crippen molar-refractivity contribution in [3.63, 3.8) is 0 Å². The second-order valence-corrected chi connectivity index (χ2v) is 6.33. The Bertz CT molecular complexity index is 789. The number of aromatic hydroxyl groups is 1. The second kappa shape index (κ2) is 6.67. The zero-order valence-corrected chi connectivity index (χ0v) is 13.1. The normalized spacial score (nSPS) is 11.5. The first kappa shape index (κ1) is 16.1. The van der Waals surface area contributed by atoms with Crippen molar-refractivity contribution in [2.45, 2.75) is 4.90 Å². The molecule has 0 amide bonds. The second-order valence-electron chi connectivity index (χ2n) is 4.23. The van der Waals surface area contributed by atoms with E-state index in [9.17, 15) is 13.5 Å². The molecule has 0 saturated carbocycles. The van der Waals surface area contributed by atoms with Gasteiger partial charge in [0.1, 0.15) is 11.5 Å². The summed E-state index contributed by atoms with van der Waals surface area (Å²) in [5.74, 6) is 0.489. The van der Waals surface area contributed by atoms with E-state index in [2.05, 4.69) is 9.93 Å². The fourth-order valence-electron chi connectivity index (χ4n) is 1.60. The van der Waals surface area contributed by atoms with Crippen LogP contribution in [-0.4, -0.2) is 26.8 Å². The molecule has 6 nitrogen and oxygen atoms in total. The molecule has 0 saturated heterocycles. The van der Waals surface area contributed by atoms with Crippen LogP contribution >= 0.6 is 11.6 Å². The van der Waals surface area contributed by atoms with E-state index in [1.54, 1.807) is 0 Å². The SMILES string of the molecule is COc1ccc(S(=O)(=O)N/N=C\c2cc(Cl)ccc2O)cc1. The lowest BCUT2D eigenvalue weighted by atomic mass is 10.2. The number of ether oxygens (including phenoxy) is 1. The van der Waals surface area contributed by atoms with Gasteiger partial charge in [0.15, 0.2) is 0 Å². The minimum Gasteiger partial charge on any atom is -0.507 e. The van der Waals surface area contributed by atoms with Crippen molar-refractivity contribution in [3.05, 3.63) is 53.1 Å². The Balaban J connectivity index is 2.14. The molecule has 2 aromatic rings. The van der Waals surface area contributed by atoms with Gasteiger partial charge in [-0.1, -0.05) is 11.6 Å². The number of rotatable bonds is 5. The fourth-order valence-corrected chi connectivity index (χ4v) is 2.57. The van der Waals surface area contributed by atoms with E-state index in [4.69, 9.17) is 16.3 Å². The summed E-state index contributed by atoms with van der Waals surface area (Å²) >= 11 is 5.79. The lowest BCUT2D eigenvalue weighted by Gasteiger charge is -2.05. The molecule has 8 heteroatoms. The van der Waals surface area contributed by atoms with E-state index >= 15 is 0 Å². The van der Waals surface area contributed by atoms with Gasteiger partial charge in [-0.05, 0) is 42.5 Å². The van der Waals surface area contributed by atoms with Gasteiger partial charge < -0.3 is 9.84 Å². The molecule has 0 atom stereocenters. The molecule has 0 aliphatic heterocycles. The van der Waals surface area contributed by atoms with Gasteiger partial charge in [-0.15, -0.1) is 0 Å². The van der Waals surface area contributed by atoms with Crippen molar-refractivity contribution in [2.24, 2.45) is 5.10 Å². The molecule has 22 heavy (non-hydrogen) atoms. The minimum atomic E-state index is -3.80. The Morgan fingerprint density at radius 1 is 1.23 bits per heavy atom. The van der Waals surface area contributed by atoms with Crippen molar-refractivity contribution < 1.29 is 18.3 Å². The quantitative estimate of drug-likeness (QED) is 0.646. The fraction of sp³-hybridized carbons (Fsp3) is 0.0714. The topological polar surface area (TPSA) is 88.0 Å². The Hall–Kier alpha value is -2.25. The molecule has 2 rings (SSSR count). The lowest BCUT2D eigenvalue weighted by Crippen LogP contribution is -2.18. The molecule has 0 bridgehead atoms. The number of nitrogens with zero attached hydrogens (tertiary/aromatic N) is 1. The van der Waals surface area contributed by atoms with Crippen LogP contribution in [0.1, 0.15) is 5.56 Å². The van der Waals surface area contributed by atoms with Gasteiger partial charge in [0, 0.05) is 10.6 Å². The van der Waals surface area contributed by atoms with Gasteiger partial charge in [-0.3, -0.25) is 0 Å². The van der Waals surface area contributed by atoms with Crippen LogP contribution in [0.25, 0.3) is 0 Å². The Kier molecular flexibility index (Phi) is 4.89. The first-order valence-corrected chi connectivity index (χ1v) is 7.96. The largest absolute Gasteiger partial charge is 0.507 e. The van der Waals surface area contributed by atoms with Crippen molar-refractivity contribution >= 4 is 27.8 Å². The van der Waals surface area contributed by atoms with Crippen LogP contribution in [-0.2, 0) is 10.0 Å². The number of hydrogen-bond donors (Lipinski definition) is 2. The molecule has 116 valence electrons. The van der Waals surface area contributed by atoms with Crippen LogP contribution in [0.3, 0.4) is 0 Å². The first-order valence-electron chi connectivity index (χ1n) is 6.10. The van der Waals surface area contributed by atoms with Crippen LogP contribution in [0, 0.1) is 0 Å². The highest BCUT2D eigenvalue weighted by atomic mass is 35.5. The molecule has 0 aliphatic carbocycles. The summed E-state index contributed by atoms with van der Waals surface area (Å²) in [5.41, 5.74) is 0.296. The van der Waals surface area contributed by atoms with Gasteiger partial charge in [-0.2, -0.15) is 13.5 Å².